The lowest BCUT2D eigenvalue weighted by Crippen LogP contribution is -2.40. The lowest BCUT2D eigenvalue weighted by Gasteiger charge is -2.34. The number of hydrogen-bond donors (Lipinski definition) is 1. The largest absolute Gasteiger partial charge is 0.468 e. The van der Waals surface area contributed by atoms with E-state index in [9.17, 15) is 4.79 Å². The van der Waals surface area contributed by atoms with E-state index in [-0.39, 0.29) is 11.9 Å². The first-order chi connectivity index (χ1) is 13.2. The topological polar surface area (TPSA) is 45.5 Å². The number of fused-ring (bicyclic) bond motifs is 1. The zero-order chi connectivity index (χ0) is 18.6. The van der Waals surface area contributed by atoms with Crippen molar-refractivity contribution < 1.29 is 9.21 Å². The van der Waals surface area contributed by atoms with Gasteiger partial charge < -0.3 is 9.73 Å². The molecule has 0 fully saturated rings. The van der Waals surface area contributed by atoms with Gasteiger partial charge in [0.1, 0.15) is 5.76 Å². The van der Waals surface area contributed by atoms with Crippen LogP contribution >= 0.6 is 11.6 Å². The van der Waals surface area contributed by atoms with Crippen molar-refractivity contribution in [1.82, 2.24) is 10.2 Å². The zero-order valence-electron chi connectivity index (χ0n) is 14.9. The summed E-state index contributed by atoms with van der Waals surface area (Å²) in [5, 5.41) is 3.59. The van der Waals surface area contributed by atoms with Gasteiger partial charge in [-0.3, -0.25) is 9.69 Å². The average Bonchev–Trinajstić information content (AvgIpc) is 3.22. The Morgan fingerprint density at radius 3 is 2.74 bits per heavy atom. The van der Waals surface area contributed by atoms with Crippen molar-refractivity contribution in [2.24, 2.45) is 0 Å². The smallest absolute Gasteiger partial charge is 0.251 e. The number of benzene rings is 2. The van der Waals surface area contributed by atoms with Gasteiger partial charge in [-0.1, -0.05) is 41.9 Å². The molecule has 1 atom stereocenters. The molecule has 0 spiro atoms. The SMILES string of the molecule is O=C(NC[C@@H](c1ccco1)N1CCc2ccccc2C1)c1cccc(Cl)c1. The quantitative estimate of drug-likeness (QED) is 0.710. The molecule has 138 valence electrons. The highest BCUT2D eigenvalue weighted by Gasteiger charge is 2.27. The molecule has 2 heterocycles. The summed E-state index contributed by atoms with van der Waals surface area (Å²) >= 11 is 6.00. The Hall–Kier alpha value is -2.56. The standard InChI is InChI=1S/C22H21ClN2O2/c23-19-8-3-7-17(13-19)22(26)24-14-20(21-9-4-12-27-21)25-11-10-16-5-1-2-6-18(16)15-25/h1-9,12-13,20H,10-11,14-15H2,(H,24,26)/t20-/m0/s1. The molecule has 5 heteroatoms. The third-order valence-corrected chi connectivity index (χ3v) is 5.25. The van der Waals surface area contributed by atoms with Gasteiger partial charge in [-0.15, -0.1) is 0 Å². The molecular weight excluding hydrogens is 360 g/mol. The van der Waals surface area contributed by atoms with E-state index in [0.717, 1.165) is 25.3 Å². The van der Waals surface area contributed by atoms with Crippen LogP contribution in [0, 0.1) is 0 Å². The van der Waals surface area contributed by atoms with Gasteiger partial charge in [0.15, 0.2) is 0 Å². The van der Waals surface area contributed by atoms with E-state index in [2.05, 4.69) is 34.5 Å². The Morgan fingerprint density at radius 2 is 1.96 bits per heavy atom. The first kappa shape index (κ1) is 17.8. The van der Waals surface area contributed by atoms with Crippen LogP contribution in [0.25, 0.3) is 0 Å². The van der Waals surface area contributed by atoms with E-state index in [1.165, 1.54) is 11.1 Å². The summed E-state index contributed by atoms with van der Waals surface area (Å²) in [5.41, 5.74) is 3.29. The van der Waals surface area contributed by atoms with Gasteiger partial charge in [-0.2, -0.15) is 0 Å². The molecule has 1 amide bonds. The van der Waals surface area contributed by atoms with Crippen molar-refractivity contribution >= 4 is 17.5 Å². The predicted octanol–water partition coefficient (Wildman–Crippen LogP) is 4.46. The van der Waals surface area contributed by atoms with E-state index in [1.807, 2.05) is 12.1 Å². The minimum atomic E-state index is -0.133. The number of hydrogen-bond acceptors (Lipinski definition) is 3. The highest BCUT2D eigenvalue weighted by molar-refractivity contribution is 6.30. The van der Waals surface area contributed by atoms with Crippen molar-refractivity contribution in [1.29, 1.82) is 0 Å². The van der Waals surface area contributed by atoms with E-state index in [4.69, 9.17) is 16.0 Å². The maximum absolute atomic E-state index is 12.5. The van der Waals surface area contributed by atoms with E-state index < -0.39 is 0 Å². The fourth-order valence-corrected chi connectivity index (χ4v) is 3.79. The molecule has 0 unspecified atom stereocenters. The minimum absolute atomic E-state index is 0.0171. The van der Waals surface area contributed by atoms with Crippen LogP contribution < -0.4 is 5.32 Å². The van der Waals surface area contributed by atoms with Gasteiger partial charge in [0.05, 0.1) is 12.3 Å². The van der Waals surface area contributed by atoms with Gasteiger partial charge in [0, 0.05) is 30.2 Å². The van der Waals surface area contributed by atoms with Crippen LogP contribution in [0.5, 0.6) is 0 Å². The van der Waals surface area contributed by atoms with Gasteiger partial charge in [0.2, 0.25) is 0 Å². The van der Waals surface area contributed by atoms with Crippen molar-refractivity contribution in [2.45, 2.75) is 19.0 Å². The van der Waals surface area contributed by atoms with Crippen LogP contribution in [0.2, 0.25) is 5.02 Å². The summed E-state index contributed by atoms with van der Waals surface area (Å²) < 4.78 is 5.68. The molecule has 0 saturated carbocycles. The molecule has 0 saturated heterocycles. The number of carbonyl (C=O) groups is 1. The minimum Gasteiger partial charge on any atom is -0.468 e. The fraction of sp³-hybridized carbons (Fsp3) is 0.227. The monoisotopic (exact) mass is 380 g/mol. The van der Waals surface area contributed by atoms with E-state index in [1.54, 1.807) is 30.5 Å². The summed E-state index contributed by atoms with van der Waals surface area (Å²) in [6, 6.07) is 19.3. The molecule has 0 bridgehead atoms. The summed E-state index contributed by atoms with van der Waals surface area (Å²) in [7, 11) is 0. The number of furan rings is 1. The molecule has 2 aromatic carbocycles. The van der Waals surface area contributed by atoms with Crippen LogP contribution in [-0.4, -0.2) is 23.9 Å². The van der Waals surface area contributed by atoms with Gasteiger partial charge >= 0.3 is 0 Å². The molecule has 0 radical (unpaired) electrons. The third-order valence-electron chi connectivity index (χ3n) is 5.02. The highest BCUT2D eigenvalue weighted by atomic mass is 35.5. The highest BCUT2D eigenvalue weighted by Crippen LogP contribution is 2.28. The first-order valence-electron chi connectivity index (χ1n) is 9.09. The molecule has 1 aliphatic heterocycles. The summed E-state index contributed by atoms with van der Waals surface area (Å²) in [4.78, 5) is 14.9. The molecule has 27 heavy (non-hydrogen) atoms. The summed E-state index contributed by atoms with van der Waals surface area (Å²) in [5.74, 6) is 0.729. The summed E-state index contributed by atoms with van der Waals surface area (Å²) in [6.07, 6.45) is 2.68. The average molecular weight is 381 g/mol. The number of nitrogens with one attached hydrogen (secondary N) is 1. The molecule has 3 aromatic rings. The Morgan fingerprint density at radius 1 is 1.11 bits per heavy atom. The Labute approximate surface area is 163 Å². The van der Waals surface area contributed by atoms with Crippen LogP contribution in [0.15, 0.2) is 71.3 Å². The lowest BCUT2D eigenvalue weighted by atomic mass is 9.98. The second-order valence-electron chi connectivity index (χ2n) is 6.74. The van der Waals surface area contributed by atoms with E-state index >= 15 is 0 Å². The molecule has 0 aliphatic carbocycles. The maximum atomic E-state index is 12.5. The van der Waals surface area contributed by atoms with Crippen molar-refractivity contribution in [3.05, 3.63) is 94.4 Å². The van der Waals surface area contributed by atoms with Crippen molar-refractivity contribution in [3.63, 3.8) is 0 Å². The second kappa shape index (κ2) is 7.99. The Balaban J connectivity index is 1.50. The van der Waals surface area contributed by atoms with Gasteiger partial charge in [-0.25, -0.2) is 0 Å². The third kappa shape index (κ3) is 4.07. The number of halogens is 1. The predicted molar refractivity (Wildman–Crippen MR) is 106 cm³/mol. The van der Waals surface area contributed by atoms with Crippen molar-refractivity contribution in [2.75, 3.05) is 13.1 Å². The molecule has 1 aromatic heterocycles. The van der Waals surface area contributed by atoms with Crippen LogP contribution in [0.1, 0.15) is 33.3 Å². The van der Waals surface area contributed by atoms with Crippen LogP contribution in [0.3, 0.4) is 0 Å². The zero-order valence-corrected chi connectivity index (χ0v) is 15.7. The Bertz CT molecular complexity index is 924. The molecule has 4 rings (SSSR count). The molecular formula is C22H21ClN2O2. The van der Waals surface area contributed by atoms with Crippen LogP contribution in [0.4, 0.5) is 0 Å². The first-order valence-corrected chi connectivity index (χ1v) is 9.46. The molecule has 1 aliphatic rings. The normalized spacial score (nSPS) is 15.1. The second-order valence-corrected chi connectivity index (χ2v) is 7.18. The number of carbonyl (C=O) groups excluding carboxylic acids is 1. The van der Waals surface area contributed by atoms with Gasteiger partial charge in [-0.05, 0) is 47.9 Å². The maximum Gasteiger partial charge on any atom is 0.251 e. The number of rotatable bonds is 5. The molecule has 1 N–H and O–H groups in total. The number of nitrogens with zero attached hydrogens (tertiary/aromatic N) is 1. The van der Waals surface area contributed by atoms with Gasteiger partial charge in [0.25, 0.3) is 5.91 Å². The number of amides is 1. The Kier molecular flexibility index (Phi) is 5.28. The van der Waals surface area contributed by atoms with Crippen LogP contribution in [-0.2, 0) is 13.0 Å². The lowest BCUT2D eigenvalue weighted by molar-refractivity contribution is 0.0919. The fourth-order valence-electron chi connectivity index (χ4n) is 3.60. The molecule has 4 nitrogen and oxygen atoms in total. The summed E-state index contributed by atoms with van der Waals surface area (Å²) in [6.45, 7) is 2.24. The van der Waals surface area contributed by atoms with Crippen molar-refractivity contribution in [3.8, 4) is 0 Å². The van der Waals surface area contributed by atoms with E-state index in [0.29, 0.717) is 17.1 Å².